The van der Waals surface area contributed by atoms with E-state index < -0.39 is 5.38 Å². The van der Waals surface area contributed by atoms with Crippen molar-refractivity contribution >= 4 is 23.2 Å². The highest BCUT2D eigenvalue weighted by Gasteiger charge is 2.08. The maximum Gasteiger partial charge on any atom is 0.242 e. The minimum Gasteiger partial charge on any atom is -0.491 e. The van der Waals surface area contributed by atoms with E-state index in [1.54, 1.807) is 38.3 Å². The Labute approximate surface area is 106 Å². The average molecular weight is 258 g/mol. The van der Waals surface area contributed by atoms with Crippen molar-refractivity contribution in [1.29, 1.82) is 0 Å². The standard InChI is InChI=1S/C12H16ClNO3/c1-9(13)12(15)14-10-3-5-11(6-4-10)17-8-7-16-2/h3-6,9H,7-8H2,1-2H3,(H,14,15). The molecule has 0 bridgehead atoms. The zero-order chi connectivity index (χ0) is 12.7. The first-order chi connectivity index (χ1) is 8.13. The average Bonchev–Trinajstić information content (AvgIpc) is 2.31. The highest BCUT2D eigenvalue weighted by atomic mass is 35.5. The zero-order valence-corrected chi connectivity index (χ0v) is 10.7. The van der Waals surface area contributed by atoms with Crippen molar-refractivity contribution in [3.8, 4) is 5.75 Å². The highest BCUT2D eigenvalue weighted by Crippen LogP contribution is 2.16. The maximum atomic E-state index is 11.3. The molecule has 4 nitrogen and oxygen atoms in total. The van der Waals surface area contributed by atoms with Gasteiger partial charge in [-0.25, -0.2) is 0 Å². The molecular weight excluding hydrogens is 242 g/mol. The van der Waals surface area contributed by atoms with Crippen molar-refractivity contribution in [2.45, 2.75) is 12.3 Å². The number of amides is 1. The van der Waals surface area contributed by atoms with E-state index in [2.05, 4.69) is 5.32 Å². The number of hydrogen-bond acceptors (Lipinski definition) is 3. The Morgan fingerprint density at radius 3 is 2.53 bits per heavy atom. The van der Waals surface area contributed by atoms with Gasteiger partial charge in [-0.2, -0.15) is 0 Å². The minimum atomic E-state index is -0.548. The fraction of sp³-hybridized carbons (Fsp3) is 0.417. The number of alkyl halides is 1. The number of carbonyl (C=O) groups excluding carboxylic acids is 1. The van der Waals surface area contributed by atoms with Gasteiger partial charge in [0, 0.05) is 12.8 Å². The largest absolute Gasteiger partial charge is 0.491 e. The summed E-state index contributed by atoms with van der Waals surface area (Å²) < 4.78 is 10.3. The van der Waals surface area contributed by atoms with E-state index >= 15 is 0 Å². The molecule has 0 aliphatic carbocycles. The number of carbonyl (C=O) groups is 1. The van der Waals surface area contributed by atoms with E-state index in [0.717, 1.165) is 5.75 Å². The van der Waals surface area contributed by atoms with Crippen LogP contribution in [0.25, 0.3) is 0 Å². The van der Waals surface area contributed by atoms with Crippen LogP contribution in [0.2, 0.25) is 0 Å². The van der Waals surface area contributed by atoms with Crippen LogP contribution in [0.5, 0.6) is 5.75 Å². The summed E-state index contributed by atoms with van der Waals surface area (Å²) in [5, 5.41) is 2.14. The van der Waals surface area contributed by atoms with Gasteiger partial charge in [-0.05, 0) is 31.2 Å². The molecule has 1 unspecified atom stereocenters. The lowest BCUT2D eigenvalue weighted by Gasteiger charge is -2.08. The summed E-state index contributed by atoms with van der Waals surface area (Å²) in [6.45, 7) is 2.67. The Kier molecular flexibility index (Phi) is 5.80. The molecule has 0 radical (unpaired) electrons. The number of nitrogens with one attached hydrogen (secondary N) is 1. The van der Waals surface area contributed by atoms with E-state index in [9.17, 15) is 4.79 Å². The molecule has 0 aliphatic rings. The molecule has 5 heteroatoms. The summed E-state index contributed by atoms with van der Waals surface area (Å²) in [7, 11) is 1.62. The number of methoxy groups -OCH3 is 1. The van der Waals surface area contributed by atoms with Gasteiger partial charge >= 0.3 is 0 Å². The van der Waals surface area contributed by atoms with Gasteiger partial charge in [-0.15, -0.1) is 11.6 Å². The van der Waals surface area contributed by atoms with E-state index in [1.807, 2.05) is 0 Å². The van der Waals surface area contributed by atoms with E-state index in [4.69, 9.17) is 21.1 Å². The number of anilines is 1. The third kappa shape index (κ3) is 5.06. The smallest absolute Gasteiger partial charge is 0.242 e. The van der Waals surface area contributed by atoms with E-state index in [1.165, 1.54) is 0 Å². The molecule has 0 saturated heterocycles. The second kappa shape index (κ2) is 7.14. The third-order valence-electron chi connectivity index (χ3n) is 2.04. The molecule has 1 atom stereocenters. The second-order valence-corrected chi connectivity index (χ2v) is 4.13. The van der Waals surface area contributed by atoms with Crippen LogP contribution < -0.4 is 10.1 Å². The summed E-state index contributed by atoms with van der Waals surface area (Å²) in [5.74, 6) is 0.513. The van der Waals surface area contributed by atoms with Gasteiger partial charge in [0.05, 0.1) is 6.61 Å². The first-order valence-corrected chi connectivity index (χ1v) is 5.74. The highest BCUT2D eigenvalue weighted by molar-refractivity contribution is 6.32. The summed E-state index contributed by atoms with van der Waals surface area (Å²) in [4.78, 5) is 11.3. The van der Waals surface area contributed by atoms with E-state index in [0.29, 0.717) is 18.9 Å². The van der Waals surface area contributed by atoms with Crippen LogP contribution in [0, 0.1) is 0 Å². The molecular formula is C12H16ClNO3. The predicted octanol–water partition coefficient (Wildman–Crippen LogP) is 2.28. The van der Waals surface area contributed by atoms with Gasteiger partial charge in [0.25, 0.3) is 0 Å². The van der Waals surface area contributed by atoms with Crippen LogP contribution >= 0.6 is 11.6 Å². The van der Waals surface area contributed by atoms with Gasteiger partial charge in [-0.3, -0.25) is 4.79 Å². The molecule has 1 N–H and O–H groups in total. The second-order valence-electron chi connectivity index (χ2n) is 3.47. The molecule has 0 fully saturated rings. The van der Waals surface area contributed by atoms with Crippen molar-refractivity contribution in [1.82, 2.24) is 0 Å². The number of rotatable bonds is 6. The van der Waals surface area contributed by atoms with Gasteiger partial charge < -0.3 is 14.8 Å². The summed E-state index contributed by atoms with van der Waals surface area (Å²) >= 11 is 5.64. The lowest BCUT2D eigenvalue weighted by atomic mass is 10.3. The van der Waals surface area contributed by atoms with Gasteiger partial charge in [0.15, 0.2) is 0 Å². The molecule has 1 amide bonds. The normalized spacial score (nSPS) is 11.9. The fourth-order valence-electron chi connectivity index (χ4n) is 1.12. The number of benzene rings is 1. The molecule has 94 valence electrons. The van der Waals surface area contributed by atoms with Crippen LogP contribution in [-0.2, 0) is 9.53 Å². The molecule has 1 aromatic rings. The summed E-state index contributed by atoms with van der Waals surface area (Å²) in [6, 6.07) is 7.09. The molecule has 1 rings (SSSR count). The van der Waals surface area contributed by atoms with Crippen LogP contribution in [0.1, 0.15) is 6.92 Å². The van der Waals surface area contributed by atoms with Gasteiger partial charge in [0.1, 0.15) is 17.7 Å². The molecule has 0 spiro atoms. The Morgan fingerprint density at radius 1 is 1.35 bits per heavy atom. The predicted molar refractivity (Wildman–Crippen MR) is 67.8 cm³/mol. The molecule has 17 heavy (non-hydrogen) atoms. The van der Waals surface area contributed by atoms with E-state index in [-0.39, 0.29) is 5.91 Å². The molecule has 1 aromatic carbocycles. The fourth-order valence-corrected chi connectivity index (χ4v) is 1.17. The monoisotopic (exact) mass is 257 g/mol. The van der Waals surface area contributed by atoms with Crippen molar-refractivity contribution < 1.29 is 14.3 Å². The summed E-state index contributed by atoms with van der Waals surface area (Å²) in [5.41, 5.74) is 0.696. The minimum absolute atomic E-state index is 0.222. The maximum absolute atomic E-state index is 11.3. The SMILES string of the molecule is COCCOc1ccc(NC(=O)C(C)Cl)cc1. The first-order valence-electron chi connectivity index (χ1n) is 5.30. The molecule has 0 aromatic heterocycles. The Morgan fingerprint density at radius 2 is 2.00 bits per heavy atom. The van der Waals surface area contributed by atoms with Crippen molar-refractivity contribution in [2.24, 2.45) is 0 Å². The molecule has 0 saturated carbocycles. The summed E-state index contributed by atoms with van der Waals surface area (Å²) in [6.07, 6.45) is 0. The lowest BCUT2D eigenvalue weighted by Crippen LogP contribution is -2.20. The lowest BCUT2D eigenvalue weighted by molar-refractivity contribution is -0.115. The number of halogens is 1. The number of hydrogen-bond donors (Lipinski definition) is 1. The number of ether oxygens (including phenoxy) is 2. The molecule has 0 aliphatic heterocycles. The van der Waals surface area contributed by atoms with Crippen molar-refractivity contribution in [2.75, 3.05) is 25.6 Å². The zero-order valence-electron chi connectivity index (χ0n) is 9.90. The van der Waals surface area contributed by atoms with Crippen molar-refractivity contribution in [3.63, 3.8) is 0 Å². The Bertz CT molecular complexity index is 351. The quantitative estimate of drug-likeness (QED) is 0.628. The van der Waals surface area contributed by atoms with Crippen LogP contribution in [0.4, 0.5) is 5.69 Å². The first kappa shape index (κ1) is 13.8. The van der Waals surface area contributed by atoms with Crippen molar-refractivity contribution in [3.05, 3.63) is 24.3 Å². The van der Waals surface area contributed by atoms with Crippen LogP contribution in [-0.4, -0.2) is 31.6 Å². The van der Waals surface area contributed by atoms with Gasteiger partial charge in [-0.1, -0.05) is 0 Å². The topological polar surface area (TPSA) is 47.6 Å². The Balaban J connectivity index is 2.47. The Hall–Kier alpha value is -1.26. The van der Waals surface area contributed by atoms with Crippen LogP contribution in [0.3, 0.4) is 0 Å². The van der Waals surface area contributed by atoms with Crippen LogP contribution in [0.15, 0.2) is 24.3 Å². The molecule has 0 heterocycles. The third-order valence-corrected chi connectivity index (χ3v) is 2.24. The van der Waals surface area contributed by atoms with Gasteiger partial charge in [0.2, 0.25) is 5.91 Å².